The number of aliphatic hydroxyl groups excluding tert-OH is 2. The van der Waals surface area contributed by atoms with Crippen LogP contribution in [0.1, 0.15) is 0 Å². The van der Waals surface area contributed by atoms with E-state index in [1.807, 2.05) is 0 Å². The van der Waals surface area contributed by atoms with Crippen molar-refractivity contribution in [2.24, 2.45) is 0 Å². The average molecular weight is 160 g/mol. The molecule has 1 aliphatic rings. The minimum absolute atomic E-state index is 0.177. The van der Waals surface area contributed by atoms with Gasteiger partial charge in [0.15, 0.2) is 0 Å². The van der Waals surface area contributed by atoms with Gasteiger partial charge < -0.3 is 15.5 Å². The van der Waals surface area contributed by atoms with Crippen LogP contribution in [0.4, 0.5) is 0 Å². The van der Waals surface area contributed by atoms with Crippen molar-refractivity contribution in [2.75, 3.05) is 39.4 Å². The monoisotopic (exact) mass is 160 g/mol. The molecule has 11 heavy (non-hydrogen) atoms. The first-order valence-electron chi connectivity index (χ1n) is 4.05. The van der Waals surface area contributed by atoms with Crippen LogP contribution >= 0.6 is 0 Å². The lowest BCUT2D eigenvalue weighted by molar-refractivity contribution is 0.0943. The molecular weight excluding hydrogens is 144 g/mol. The van der Waals surface area contributed by atoms with Gasteiger partial charge in [0.25, 0.3) is 0 Å². The Morgan fingerprint density at radius 2 is 1.73 bits per heavy atom. The van der Waals surface area contributed by atoms with Gasteiger partial charge in [0, 0.05) is 32.2 Å². The predicted octanol–water partition coefficient (Wildman–Crippen LogP) is -1.76. The summed E-state index contributed by atoms with van der Waals surface area (Å²) in [6, 6.07) is 0.522. The molecule has 0 spiro atoms. The molecule has 66 valence electrons. The Balaban J connectivity index is 2.19. The summed E-state index contributed by atoms with van der Waals surface area (Å²) in [5.74, 6) is 0. The summed E-state index contributed by atoms with van der Waals surface area (Å²) >= 11 is 0. The third-order valence-electron chi connectivity index (χ3n) is 2.05. The molecule has 4 nitrogen and oxygen atoms in total. The average Bonchev–Trinajstić information content (AvgIpc) is 1.85. The van der Waals surface area contributed by atoms with E-state index in [1.165, 1.54) is 0 Å². The Labute approximate surface area is 66.8 Å². The third kappa shape index (κ3) is 2.41. The van der Waals surface area contributed by atoms with Crippen LogP contribution in [0.15, 0.2) is 0 Å². The smallest absolute Gasteiger partial charge is 0.0558 e. The molecule has 1 saturated heterocycles. The highest BCUT2D eigenvalue weighted by Crippen LogP contribution is 2.02. The zero-order valence-electron chi connectivity index (χ0n) is 6.66. The van der Waals surface area contributed by atoms with Gasteiger partial charge in [0.2, 0.25) is 0 Å². The summed E-state index contributed by atoms with van der Waals surface area (Å²) in [6.45, 7) is 3.67. The normalized spacial score (nSPS) is 18.8. The molecule has 0 aromatic carbocycles. The molecule has 0 aliphatic carbocycles. The van der Waals surface area contributed by atoms with Crippen LogP contribution in [0.5, 0.6) is 0 Å². The van der Waals surface area contributed by atoms with Crippen LogP contribution in [0.25, 0.3) is 0 Å². The summed E-state index contributed by atoms with van der Waals surface area (Å²) < 4.78 is 0. The first-order chi connectivity index (χ1) is 5.38. The Morgan fingerprint density at radius 3 is 2.00 bits per heavy atom. The topological polar surface area (TPSA) is 55.7 Å². The van der Waals surface area contributed by atoms with Crippen molar-refractivity contribution in [3.8, 4) is 0 Å². The van der Waals surface area contributed by atoms with Gasteiger partial charge in [-0.25, -0.2) is 0 Å². The fourth-order valence-corrected chi connectivity index (χ4v) is 1.27. The molecule has 4 heteroatoms. The number of hydrogen-bond donors (Lipinski definition) is 3. The van der Waals surface area contributed by atoms with E-state index < -0.39 is 0 Å². The molecule has 0 aromatic heterocycles. The first kappa shape index (κ1) is 8.93. The van der Waals surface area contributed by atoms with Crippen LogP contribution in [0, 0.1) is 0 Å². The van der Waals surface area contributed by atoms with Gasteiger partial charge in [-0.15, -0.1) is 0 Å². The summed E-state index contributed by atoms with van der Waals surface area (Å²) in [4.78, 5) is 2.11. The molecular formula is C7H16N2O2. The molecule has 0 radical (unpaired) electrons. The molecule has 1 aliphatic heterocycles. The van der Waals surface area contributed by atoms with Crippen molar-refractivity contribution in [3.05, 3.63) is 0 Å². The molecule has 0 bridgehead atoms. The first-order valence-corrected chi connectivity index (χ1v) is 4.05. The second kappa shape index (κ2) is 4.66. The van der Waals surface area contributed by atoms with Crippen LogP contribution in [-0.4, -0.2) is 60.5 Å². The lowest BCUT2D eigenvalue weighted by Gasteiger charge is -2.37. The van der Waals surface area contributed by atoms with Crippen molar-refractivity contribution >= 4 is 0 Å². The molecule has 1 rings (SSSR count). The van der Waals surface area contributed by atoms with E-state index >= 15 is 0 Å². The van der Waals surface area contributed by atoms with Gasteiger partial charge in [0.1, 0.15) is 0 Å². The van der Waals surface area contributed by atoms with E-state index in [2.05, 4.69) is 10.2 Å². The van der Waals surface area contributed by atoms with Crippen molar-refractivity contribution < 1.29 is 10.2 Å². The van der Waals surface area contributed by atoms with Gasteiger partial charge in [-0.2, -0.15) is 0 Å². The quantitative estimate of drug-likeness (QED) is 0.446. The largest absolute Gasteiger partial charge is 0.395 e. The third-order valence-corrected chi connectivity index (χ3v) is 2.05. The van der Waals surface area contributed by atoms with Crippen molar-refractivity contribution in [3.63, 3.8) is 0 Å². The summed E-state index contributed by atoms with van der Waals surface area (Å²) in [5, 5.41) is 20.5. The summed E-state index contributed by atoms with van der Waals surface area (Å²) in [5.41, 5.74) is 0. The number of hydrogen-bond acceptors (Lipinski definition) is 4. The zero-order chi connectivity index (χ0) is 8.10. The standard InChI is InChI=1S/C7H16N2O2/c10-3-1-9(2-4-11)7-5-8-6-7/h7-8,10-11H,1-6H2. The minimum Gasteiger partial charge on any atom is -0.395 e. The highest BCUT2D eigenvalue weighted by atomic mass is 16.3. The van der Waals surface area contributed by atoms with Gasteiger partial charge in [-0.1, -0.05) is 0 Å². The van der Waals surface area contributed by atoms with Crippen molar-refractivity contribution in [1.82, 2.24) is 10.2 Å². The van der Waals surface area contributed by atoms with Gasteiger partial charge in [-0.3, -0.25) is 4.90 Å². The van der Waals surface area contributed by atoms with E-state index in [1.54, 1.807) is 0 Å². The van der Waals surface area contributed by atoms with E-state index in [-0.39, 0.29) is 13.2 Å². The molecule has 0 amide bonds. The Hall–Kier alpha value is -0.160. The van der Waals surface area contributed by atoms with Gasteiger partial charge in [0.05, 0.1) is 13.2 Å². The fourth-order valence-electron chi connectivity index (χ4n) is 1.27. The van der Waals surface area contributed by atoms with Crippen LogP contribution in [0.2, 0.25) is 0 Å². The molecule has 0 unspecified atom stereocenters. The van der Waals surface area contributed by atoms with Gasteiger partial charge in [-0.05, 0) is 0 Å². The van der Waals surface area contributed by atoms with Crippen LogP contribution in [0.3, 0.4) is 0 Å². The molecule has 0 saturated carbocycles. The lowest BCUT2D eigenvalue weighted by Crippen LogP contribution is -2.58. The van der Waals surface area contributed by atoms with Crippen LogP contribution in [-0.2, 0) is 0 Å². The minimum atomic E-state index is 0.177. The number of rotatable bonds is 5. The SMILES string of the molecule is OCCN(CCO)C1CNC1. The Kier molecular flexibility index (Phi) is 3.79. The predicted molar refractivity (Wildman–Crippen MR) is 42.4 cm³/mol. The highest BCUT2D eigenvalue weighted by molar-refractivity contribution is 4.84. The maximum absolute atomic E-state index is 8.69. The second-order valence-corrected chi connectivity index (χ2v) is 2.80. The summed E-state index contributed by atoms with van der Waals surface area (Å²) in [7, 11) is 0. The molecule has 1 fully saturated rings. The van der Waals surface area contributed by atoms with Crippen molar-refractivity contribution in [1.29, 1.82) is 0 Å². The fraction of sp³-hybridized carbons (Fsp3) is 1.00. The van der Waals surface area contributed by atoms with Crippen molar-refractivity contribution in [2.45, 2.75) is 6.04 Å². The summed E-state index contributed by atoms with van der Waals surface area (Å²) in [6.07, 6.45) is 0. The highest BCUT2D eigenvalue weighted by Gasteiger charge is 2.22. The number of aliphatic hydroxyl groups is 2. The zero-order valence-corrected chi connectivity index (χ0v) is 6.66. The van der Waals surface area contributed by atoms with Gasteiger partial charge >= 0.3 is 0 Å². The maximum Gasteiger partial charge on any atom is 0.0558 e. The lowest BCUT2D eigenvalue weighted by atomic mass is 10.1. The molecule has 0 aromatic rings. The molecule has 3 N–H and O–H groups in total. The van der Waals surface area contributed by atoms with E-state index in [0.29, 0.717) is 19.1 Å². The molecule has 0 atom stereocenters. The Morgan fingerprint density at radius 1 is 1.18 bits per heavy atom. The van der Waals surface area contributed by atoms with Crippen LogP contribution < -0.4 is 5.32 Å². The molecule has 1 heterocycles. The van der Waals surface area contributed by atoms with E-state index in [9.17, 15) is 0 Å². The van der Waals surface area contributed by atoms with E-state index in [4.69, 9.17) is 10.2 Å². The second-order valence-electron chi connectivity index (χ2n) is 2.80. The number of nitrogens with zero attached hydrogens (tertiary/aromatic N) is 1. The number of nitrogens with one attached hydrogen (secondary N) is 1. The Bertz CT molecular complexity index is 101. The maximum atomic E-state index is 8.69. The van der Waals surface area contributed by atoms with E-state index in [0.717, 1.165) is 13.1 Å².